The summed E-state index contributed by atoms with van der Waals surface area (Å²) in [6.07, 6.45) is 4.51. The van der Waals surface area contributed by atoms with Crippen LogP contribution in [0, 0.1) is 5.92 Å². The van der Waals surface area contributed by atoms with Gasteiger partial charge in [-0.1, -0.05) is 22.0 Å². The molecule has 0 unspecified atom stereocenters. The largest absolute Gasteiger partial charge is 0.371 e. The minimum absolute atomic E-state index is 0.602. The van der Waals surface area contributed by atoms with Gasteiger partial charge in [-0.25, -0.2) is 15.0 Å². The first-order valence-electron chi connectivity index (χ1n) is 8.10. The second kappa shape index (κ2) is 6.73. The van der Waals surface area contributed by atoms with Crippen molar-refractivity contribution >= 4 is 38.5 Å². The van der Waals surface area contributed by atoms with Crippen molar-refractivity contribution in [2.24, 2.45) is 5.92 Å². The molecule has 122 valence electrons. The van der Waals surface area contributed by atoms with Gasteiger partial charge in [0.15, 0.2) is 5.65 Å². The fraction of sp³-hybridized carbons (Fsp3) is 0.278. The number of aromatic nitrogens is 3. The van der Waals surface area contributed by atoms with Gasteiger partial charge in [0.2, 0.25) is 0 Å². The molecule has 3 aromatic rings. The standard InChI is InChI=1S/C18H18BrN5/c19-14-3-1-4-15(9-14)24-8-6-13(11-24)10-21-18-16-5-2-7-20-17(16)22-12-23-18/h1-5,7,9,12-13H,6,8,10-11H2,(H,20,21,22,23)/t13-/m1/s1. The molecule has 0 radical (unpaired) electrons. The molecule has 5 nitrogen and oxygen atoms in total. The number of nitrogens with zero attached hydrogens (tertiary/aromatic N) is 4. The van der Waals surface area contributed by atoms with Crippen LogP contribution in [0.1, 0.15) is 6.42 Å². The number of hydrogen-bond donors (Lipinski definition) is 1. The summed E-state index contributed by atoms with van der Waals surface area (Å²) in [5.41, 5.74) is 2.01. The van der Waals surface area contributed by atoms with Crippen molar-refractivity contribution in [1.29, 1.82) is 0 Å². The Labute approximate surface area is 149 Å². The van der Waals surface area contributed by atoms with Gasteiger partial charge in [-0.3, -0.25) is 0 Å². The predicted molar refractivity (Wildman–Crippen MR) is 100 cm³/mol. The van der Waals surface area contributed by atoms with Crippen LogP contribution in [0.5, 0.6) is 0 Å². The number of fused-ring (bicyclic) bond motifs is 1. The number of benzene rings is 1. The number of hydrogen-bond acceptors (Lipinski definition) is 5. The van der Waals surface area contributed by atoms with Gasteiger partial charge in [0.05, 0.1) is 5.39 Å². The van der Waals surface area contributed by atoms with Gasteiger partial charge in [0.25, 0.3) is 0 Å². The van der Waals surface area contributed by atoms with Gasteiger partial charge in [0, 0.05) is 36.0 Å². The topological polar surface area (TPSA) is 53.9 Å². The Bertz CT molecular complexity index is 848. The summed E-state index contributed by atoms with van der Waals surface area (Å²) in [6, 6.07) is 12.4. The summed E-state index contributed by atoms with van der Waals surface area (Å²) < 4.78 is 1.13. The van der Waals surface area contributed by atoms with Crippen LogP contribution in [-0.4, -0.2) is 34.6 Å². The molecule has 1 N–H and O–H groups in total. The van der Waals surface area contributed by atoms with E-state index in [0.717, 1.165) is 41.0 Å². The van der Waals surface area contributed by atoms with Gasteiger partial charge < -0.3 is 10.2 Å². The summed E-state index contributed by atoms with van der Waals surface area (Å²) in [5.74, 6) is 1.47. The van der Waals surface area contributed by atoms with E-state index in [0.29, 0.717) is 5.92 Å². The lowest BCUT2D eigenvalue weighted by Gasteiger charge is -2.19. The highest BCUT2D eigenvalue weighted by Crippen LogP contribution is 2.26. The number of anilines is 2. The minimum Gasteiger partial charge on any atom is -0.371 e. The Kier molecular flexibility index (Phi) is 4.30. The lowest BCUT2D eigenvalue weighted by Crippen LogP contribution is -2.22. The SMILES string of the molecule is Brc1cccc(N2CC[C@H](CNc3ncnc4ncccc34)C2)c1. The third-order valence-electron chi connectivity index (χ3n) is 4.43. The molecule has 1 aromatic carbocycles. The van der Waals surface area contributed by atoms with Crippen molar-refractivity contribution in [3.63, 3.8) is 0 Å². The van der Waals surface area contributed by atoms with E-state index in [4.69, 9.17) is 0 Å². The molecule has 0 bridgehead atoms. The van der Waals surface area contributed by atoms with E-state index in [2.05, 4.69) is 65.4 Å². The lowest BCUT2D eigenvalue weighted by molar-refractivity contribution is 0.621. The monoisotopic (exact) mass is 383 g/mol. The molecule has 0 saturated carbocycles. The highest BCUT2D eigenvalue weighted by Gasteiger charge is 2.23. The predicted octanol–water partition coefficient (Wildman–Crippen LogP) is 3.73. The fourth-order valence-corrected chi connectivity index (χ4v) is 3.57. The lowest BCUT2D eigenvalue weighted by atomic mass is 10.1. The molecule has 0 spiro atoms. The number of pyridine rings is 1. The van der Waals surface area contributed by atoms with Crippen molar-refractivity contribution in [1.82, 2.24) is 15.0 Å². The van der Waals surface area contributed by atoms with Crippen LogP contribution in [0.4, 0.5) is 11.5 Å². The number of rotatable bonds is 4. The van der Waals surface area contributed by atoms with Gasteiger partial charge in [-0.05, 0) is 42.7 Å². The molecule has 1 atom stereocenters. The van der Waals surface area contributed by atoms with E-state index in [1.807, 2.05) is 12.1 Å². The Balaban J connectivity index is 1.42. The summed E-state index contributed by atoms with van der Waals surface area (Å²) >= 11 is 3.55. The van der Waals surface area contributed by atoms with Crippen LogP contribution in [0.15, 0.2) is 53.4 Å². The molecule has 1 saturated heterocycles. The van der Waals surface area contributed by atoms with Crippen molar-refractivity contribution in [3.05, 3.63) is 53.4 Å². The number of halogens is 1. The van der Waals surface area contributed by atoms with Gasteiger partial charge in [0.1, 0.15) is 12.1 Å². The summed E-state index contributed by atoms with van der Waals surface area (Å²) in [7, 11) is 0. The zero-order valence-corrected chi connectivity index (χ0v) is 14.8. The van der Waals surface area contributed by atoms with Gasteiger partial charge in [-0.2, -0.15) is 0 Å². The molecule has 24 heavy (non-hydrogen) atoms. The maximum atomic E-state index is 4.37. The molecule has 2 aromatic heterocycles. The molecule has 6 heteroatoms. The van der Waals surface area contributed by atoms with Gasteiger partial charge >= 0.3 is 0 Å². The van der Waals surface area contributed by atoms with Crippen LogP contribution in [-0.2, 0) is 0 Å². The zero-order valence-electron chi connectivity index (χ0n) is 13.2. The third-order valence-corrected chi connectivity index (χ3v) is 4.92. The molecule has 1 aliphatic rings. The van der Waals surface area contributed by atoms with Gasteiger partial charge in [-0.15, -0.1) is 0 Å². The maximum Gasteiger partial charge on any atom is 0.164 e. The highest BCUT2D eigenvalue weighted by atomic mass is 79.9. The molecule has 0 amide bonds. The maximum absolute atomic E-state index is 4.37. The average molecular weight is 384 g/mol. The molecule has 3 heterocycles. The summed E-state index contributed by atoms with van der Waals surface area (Å²) in [6.45, 7) is 3.06. The van der Waals surface area contributed by atoms with E-state index in [1.54, 1.807) is 12.5 Å². The third kappa shape index (κ3) is 3.19. The summed E-state index contributed by atoms with van der Waals surface area (Å²) in [5, 5.41) is 4.46. The van der Waals surface area contributed by atoms with Crippen LogP contribution in [0.2, 0.25) is 0 Å². The Morgan fingerprint density at radius 3 is 3.04 bits per heavy atom. The molecule has 1 aliphatic heterocycles. The van der Waals surface area contributed by atoms with E-state index >= 15 is 0 Å². The van der Waals surface area contributed by atoms with E-state index < -0.39 is 0 Å². The van der Waals surface area contributed by atoms with Crippen molar-refractivity contribution in [2.75, 3.05) is 29.9 Å². The van der Waals surface area contributed by atoms with E-state index in [1.165, 1.54) is 12.1 Å². The minimum atomic E-state index is 0.602. The zero-order chi connectivity index (χ0) is 16.4. The smallest absolute Gasteiger partial charge is 0.164 e. The quantitative estimate of drug-likeness (QED) is 0.743. The van der Waals surface area contributed by atoms with Crippen LogP contribution in [0.25, 0.3) is 11.0 Å². The van der Waals surface area contributed by atoms with Crippen molar-refractivity contribution in [2.45, 2.75) is 6.42 Å². The fourth-order valence-electron chi connectivity index (χ4n) is 3.18. The molecular weight excluding hydrogens is 366 g/mol. The van der Waals surface area contributed by atoms with Crippen molar-refractivity contribution in [3.8, 4) is 0 Å². The molecule has 4 rings (SSSR count). The highest BCUT2D eigenvalue weighted by molar-refractivity contribution is 9.10. The van der Waals surface area contributed by atoms with Crippen molar-refractivity contribution < 1.29 is 0 Å². The number of nitrogens with one attached hydrogen (secondary N) is 1. The van der Waals surface area contributed by atoms with Crippen LogP contribution in [0.3, 0.4) is 0 Å². The van der Waals surface area contributed by atoms with Crippen LogP contribution >= 0.6 is 15.9 Å². The molecule has 1 fully saturated rings. The molecular formula is C18H18BrN5. The second-order valence-electron chi connectivity index (χ2n) is 6.06. The first-order valence-corrected chi connectivity index (χ1v) is 8.89. The first-order chi connectivity index (χ1) is 11.8. The normalized spacial score (nSPS) is 17.4. The Morgan fingerprint density at radius 2 is 2.12 bits per heavy atom. The first kappa shape index (κ1) is 15.3. The van der Waals surface area contributed by atoms with E-state index in [9.17, 15) is 0 Å². The Hall–Kier alpha value is -2.21. The summed E-state index contributed by atoms with van der Waals surface area (Å²) in [4.78, 5) is 15.3. The average Bonchev–Trinajstić information content (AvgIpc) is 3.09. The second-order valence-corrected chi connectivity index (χ2v) is 6.97. The molecule has 0 aliphatic carbocycles. The Morgan fingerprint density at radius 1 is 1.17 bits per heavy atom. The van der Waals surface area contributed by atoms with Crippen LogP contribution < -0.4 is 10.2 Å². The van der Waals surface area contributed by atoms with E-state index in [-0.39, 0.29) is 0 Å².